The van der Waals surface area contributed by atoms with E-state index in [9.17, 15) is 9.59 Å². The molecule has 8 bridgehead atoms. The van der Waals surface area contributed by atoms with Crippen LogP contribution in [0.5, 0.6) is 0 Å². The molecule has 0 unspecified atom stereocenters. The van der Waals surface area contributed by atoms with E-state index < -0.39 is 0 Å². The largest absolute Gasteiger partial charge is 0.499 e. The fourth-order valence-corrected chi connectivity index (χ4v) is 9.50. The predicted octanol–water partition coefficient (Wildman–Crippen LogP) is 6.01. The molecule has 8 aliphatic carbocycles. The maximum Gasteiger partial charge on any atom is 0.312 e. The van der Waals surface area contributed by atoms with Gasteiger partial charge in [-0.05, 0) is 124 Å². The minimum absolute atomic E-state index is 0.0356. The molecule has 208 valence electrons. The van der Waals surface area contributed by atoms with Crippen molar-refractivity contribution in [3.63, 3.8) is 0 Å². The van der Waals surface area contributed by atoms with Crippen LogP contribution >= 0.6 is 11.6 Å². The second kappa shape index (κ2) is 12.5. The quantitative estimate of drug-likeness (QED) is 0.168. The molecular weight excluding hydrogens is 492 g/mol. The van der Waals surface area contributed by atoms with Crippen LogP contribution in [-0.4, -0.2) is 42.7 Å². The van der Waals surface area contributed by atoms with E-state index in [2.05, 4.69) is 17.9 Å². The molecule has 8 aliphatic rings. The molecule has 0 atom stereocenters. The number of carbonyl (C=O) groups excluding carboxylic acids is 2. The van der Waals surface area contributed by atoms with Gasteiger partial charge in [-0.25, -0.2) is 0 Å². The first-order valence-corrected chi connectivity index (χ1v) is 14.6. The Hall–Kier alpha value is -1.53. The lowest BCUT2D eigenvalue weighted by atomic mass is 9.49. The number of hydrogen-bond acceptors (Lipinski definition) is 6. The van der Waals surface area contributed by atoms with Crippen molar-refractivity contribution in [3.8, 4) is 0 Å². The summed E-state index contributed by atoms with van der Waals surface area (Å²) in [6, 6.07) is 0. The van der Waals surface area contributed by atoms with Crippen molar-refractivity contribution < 1.29 is 28.9 Å². The van der Waals surface area contributed by atoms with Crippen LogP contribution < -0.4 is 0 Å². The van der Waals surface area contributed by atoms with Crippen LogP contribution in [0.25, 0.3) is 0 Å². The van der Waals surface area contributed by atoms with E-state index in [1.54, 1.807) is 0 Å². The third-order valence-electron chi connectivity index (χ3n) is 9.81. The van der Waals surface area contributed by atoms with Gasteiger partial charge in [-0.1, -0.05) is 13.2 Å². The van der Waals surface area contributed by atoms with E-state index in [0.29, 0.717) is 19.8 Å². The minimum atomic E-state index is -0.136. The Morgan fingerprint density at radius 3 is 1.41 bits per heavy atom. The zero-order valence-electron chi connectivity index (χ0n) is 22.2. The Labute approximate surface area is 227 Å². The van der Waals surface area contributed by atoms with Crippen LogP contribution in [0.2, 0.25) is 0 Å². The molecule has 8 rings (SSSR count). The summed E-state index contributed by atoms with van der Waals surface area (Å²) in [4.78, 5) is 23.8. The number of hydrogen-bond donors (Lipinski definition) is 1. The zero-order chi connectivity index (χ0) is 26.5. The number of aliphatic hydroxyl groups excluding tert-OH is 1. The number of aliphatic hydroxyl groups is 1. The van der Waals surface area contributed by atoms with Gasteiger partial charge in [0.1, 0.15) is 19.8 Å². The Morgan fingerprint density at radius 2 is 1.08 bits per heavy atom. The first-order valence-electron chi connectivity index (χ1n) is 14.2. The molecule has 8 saturated carbocycles. The van der Waals surface area contributed by atoms with Crippen molar-refractivity contribution in [1.82, 2.24) is 0 Å². The Morgan fingerprint density at radius 1 is 0.703 bits per heavy atom. The zero-order valence-corrected chi connectivity index (χ0v) is 23.0. The Kier molecular flexibility index (Phi) is 9.66. The van der Waals surface area contributed by atoms with Crippen LogP contribution in [-0.2, 0) is 23.8 Å². The fourth-order valence-electron chi connectivity index (χ4n) is 9.27. The van der Waals surface area contributed by atoms with E-state index in [1.807, 2.05) is 0 Å². The van der Waals surface area contributed by atoms with E-state index >= 15 is 0 Å². The Bertz CT molecular complexity index is 752. The van der Waals surface area contributed by atoms with Crippen molar-refractivity contribution in [2.24, 2.45) is 46.3 Å². The summed E-state index contributed by atoms with van der Waals surface area (Å²) in [5, 5.41) is 7.99. The maximum atomic E-state index is 12.4. The van der Waals surface area contributed by atoms with Crippen molar-refractivity contribution in [2.75, 3.05) is 26.4 Å². The molecule has 1 N–H and O–H groups in total. The van der Waals surface area contributed by atoms with Gasteiger partial charge in [-0.3, -0.25) is 9.59 Å². The predicted molar refractivity (Wildman–Crippen MR) is 142 cm³/mol. The molecule has 6 nitrogen and oxygen atoms in total. The molecule has 0 spiro atoms. The lowest BCUT2D eigenvalue weighted by Crippen LogP contribution is -2.50. The lowest BCUT2D eigenvalue weighted by Gasteiger charge is -2.55. The number of rotatable bonds is 9. The smallest absolute Gasteiger partial charge is 0.312 e. The van der Waals surface area contributed by atoms with Crippen LogP contribution in [0.15, 0.2) is 25.7 Å². The van der Waals surface area contributed by atoms with Gasteiger partial charge in [-0.15, -0.1) is 0 Å². The van der Waals surface area contributed by atoms with Gasteiger partial charge in [0.2, 0.25) is 5.24 Å². The van der Waals surface area contributed by atoms with E-state index in [-0.39, 0.29) is 28.6 Å². The normalized spacial score (nSPS) is 39.4. The molecule has 0 heterocycles. The van der Waals surface area contributed by atoms with Crippen molar-refractivity contribution in [1.29, 1.82) is 0 Å². The van der Waals surface area contributed by atoms with Gasteiger partial charge in [0.05, 0.1) is 24.5 Å². The molecule has 0 saturated heterocycles. The molecule has 0 aromatic heterocycles. The molecule has 0 amide bonds. The topological polar surface area (TPSA) is 82.1 Å². The second-order valence-electron chi connectivity index (χ2n) is 12.6. The van der Waals surface area contributed by atoms with E-state index in [1.165, 1.54) is 51.0 Å². The number of ether oxygens (including phenoxy) is 3. The number of carbonyl (C=O) groups is 2. The van der Waals surface area contributed by atoms with Crippen molar-refractivity contribution >= 4 is 22.8 Å². The third kappa shape index (κ3) is 6.73. The van der Waals surface area contributed by atoms with Gasteiger partial charge in [-0.2, -0.15) is 0 Å². The molecule has 8 fully saturated rings. The van der Waals surface area contributed by atoms with Gasteiger partial charge in [0.15, 0.2) is 0 Å². The molecule has 0 radical (unpaired) electrons. The lowest BCUT2D eigenvalue weighted by molar-refractivity contribution is -0.172. The van der Waals surface area contributed by atoms with Crippen LogP contribution in [0.1, 0.15) is 77.0 Å². The van der Waals surface area contributed by atoms with E-state index in [4.69, 9.17) is 26.2 Å². The van der Waals surface area contributed by atoms with Crippen molar-refractivity contribution in [2.45, 2.75) is 77.0 Å². The summed E-state index contributed by atoms with van der Waals surface area (Å²) in [7, 11) is 0. The summed E-state index contributed by atoms with van der Waals surface area (Å²) >= 11 is 5.76. The highest BCUT2D eigenvalue weighted by Gasteiger charge is 2.56. The summed E-state index contributed by atoms with van der Waals surface area (Å²) in [5.41, 5.74) is -0.209. The van der Waals surface area contributed by atoms with Crippen LogP contribution in [0, 0.1) is 46.3 Å². The first-order chi connectivity index (χ1) is 17.8. The molecule has 0 aromatic rings. The van der Waals surface area contributed by atoms with Crippen LogP contribution in [0.4, 0.5) is 0 Å². The molecular formula is C30H45ClO6. The average molecular weight is 537 g/mol. The maximum absolute atomic E-state index is 12.4. The molecule has 0 aromatic carbocycles. The second-order valence-corrected chi connectivity index (χ2v) is 12.9. The highest BCUT2D eigenvalue weighted by Crippen LogP contribution is 2.61. The first kappa shape index (κ1) is 28.5. The molecule has 7 heteroatoms. The standard InChI is InChI=1S/C15H22O3.C11H15ClO.C4H8O2/c1-2-17-3-4-18-14(16)15-8-11-5-12(9-15)7-13(6-11)10-15;12-10(13)11-4-7-1-8(5-11)3-9(2-7)6-11;1-2-6-4-3-5/h2,11-13H,1,3-10H2;7-9H,1-6H2;2,5H,1,3-4H2. The third-order valence-corrected chi connectivity index (χ3v) is 10.2. The van der Waals surface area contributed by atoms with Crippen molar-refractivity contribution in [3.05, 3.63) is 25.7 Å². The minimum Gasteiger partial charge on any atom is -0.499 e. The summed E-state index contributed by atoms with van der Waals surface area (Å²) in [6.45, 7) is 7.92. The monoisotopic (exact) mass is 536 g/mol. The van der Waals surface area contributed by atoms with Gasteiger partial charge < -0.3 is 19.3 Å². The highest BCUT2D eigenvalue weighted by molar-refractivity contribution is 6.64. The number of esters is 1. The Balaban J connectivity index is 0.000000147. The summed E-state index contributed by atoms with van der Waals surface area (Å²) in [5.74, 6) is 4.88. The van der Waals surface area contributed by atoms with Gasteiger partial charge >= 0.3 is 5.97 Å². The van der Waals surface area contributed by atoms with Gasteiger partial charge in [0, 0.05) is 5.41 Å². The number of halogens is 1. The van der Waals surface area contributed by atoms with Gasteiger partial charge in [0.25, 0.3) is 0 Å². The molecule has 37 heavy (non-hydrogen) atoms. The average Bonchev–Trinajstić information content (AvgIpc) is 2.84. The SMILES string of the molecule is C=COCCO.C=COCCOC(=O)C12CC3CC(CC(C3)C1)C2.O=C(Cl)C12CC3CC(CC(C3)C1)C2. The summed E-state index contributed by atoms with van der Waals surface area (Å²) < 4.78 is 14.9. The fraction of sp³-hybridized carbons (Fsp3) is 0.800. The highest BCUT2D eigenvalue weighted by atomic mass is 35.5. The molecule has 0 aliphatic heterocycles. The van der Waals surface area contributed by atoms with Crippen LogP contribution in [0.3, 0.4) is 0 Å². The summed E-state index contributed by atoms with van der Waals surface area (Å²) in [6.07, 6.45) is 17.4. The van der Waals surface area contributed by atoms with E-state index in [0.717, 1.165) is 74.0 Å².